The number of nitrogens with zero attached hydrogens (tertiary/aromatic N) is 2. The van der Waals surface area contributed by atoms with Gasteiger partial charge in [-0.1, -0.05) is 11.3 Å². The molecule has 0 atom stereocenters. The van der Waals surface area contributed by atoms with Gasteiger partial charge in [-0.15, -0.1) is 10.2 Å². The first-order chi connectivity index (χ1) is 12.2. The van der Waals surface area contributed by atoms with Crippen LogP contribution in [0.3, 0.4) is 0 Å². The van der Waals surface area contributed by atoms with E-state index in [2.05, 4.69) is 10.2 Å². The fraction of sp³-hybridized carbons (Fsp3) is 0.400. The van der Waals surface area contributed by atoms with Crippen LogP contribution in [0.4, 0.5) is 18.3 Å². The summed E-state index contributed by atoms with van der Waals surface area (Å²) in [6.07, 6.45) is -3.08. The van der Waals surface area contributed by atoms with Gasteiger partial charge in [-0.3, -0.25) is 0 Å². The van der Waals surface area contributed by atoms with Crippen molar-refractivity contribution in [3.63, 3.8) is 0 Å². The summed E-state index contributed by atoms with van der Waals surface area (Å²) >= 11 is 1.37. The number of alkyl halides is 3. The zero-order valence-corrected chi connectivity index (χ0v) is 14.6. The zero-order chi connectivity index (χ0) is 19.6. The Labute approximate surface area is 151 Å². The van der Waals surface area contributed by atoms with Gasteiger partial charge in [0.15, 0.2) is 0 Å². The standard InChI is InChI=1S/C13H17N3O2S.C2HF3O2/c1-17-8-2-3-9-18-11-6-4-10(5-7-11)12-15-16-13(14)19-12;3-2(4,5)1(6)7/h4-7H,2-3,8-9H2,1H3,(H2,14,16);(H,6,7). The number of ether oxygens (including phenoxy) is 2. The molecule has 7 nitrogen and oxygen atoms in total. The van der Waals surface area contributed by atoms with Crippen LogP contribution < -0.4 is 10.5 Å². The van der Waals surface area contributed by atoms with Gasteiger partial charge in [-0.2, -0.15) is 13.2 Å². The molecule has 0 aliphatic carbocycles. The first kappa shape index (κ1) is 21.6. The number of methoxy groups -OCH3 is 1. The smallest absolute Gasteiger partial charge is 0.490 e. The van der Waals surface area contributed by atoms with E-state index in [4.69, 9.17) is 25.1 Å². The third kappa shape index (κ3) is 8.12. The van der Waals surface area contributed by atoms with Crippen LogP contribution in [-0.2, 0) is 9.53 Å². The van der Waals surface area contributed by atoms with Crippen molar-refractivity contribution in [1.29, 1.82) is 0 Å². The van der Waals surface area contributed by atoms with Crippen LogP contribution in [0, 0.1) is 0 Å². The fourth-order valence-corrected chi connectivity index (χ4v) is 2.20. The average Bonchev–Trinajstić information content (AvgIpc) is 3.01. The van der Waals surface area contributed by atoms with Crippen molar-refractivity contribution in [2.75, 3.05) is 26.1 Å². The van der Waals surface area contributed by atoms with E-state index in [1.807, 2.05) is 24.3 Å². The Kier molecular flexibility index (Phi) is 8.79. The summed E-state index contributed by atoms with van der Waals surface area (Å²) in [6.45, 7) is 1.48. The van der Waals surface area contributed by atoms with Crippen LogP contribution in [0.5, 0.6) is 5.75 Å². The Morgan fingerprint density at radius 2 is 1.77 bits per heavy atom. The van der Waals surface area contributed by atoms with Crippen molar-refractivity contribution >= 4 is 22.4 Å². The summed E-state index contributed by atoms with van der Waals surface area (Å²) in [7, 11) is 1.71. The van der Waals surface area contributed by atoms with Gasteiger partial charge in [0.05, 0.1) is 6.61 Å². The second-order valence-corrected chi connectivity index (χ2v) is 5.83. The lowest BCUT2D eigenvalue weighted by Crippen LogP contribution is -2.21. The van der Waals surface area contributed by atoms with Gasteiger partial charge in [0.25, 0.3) is 0 Å². The molecule has 2 rings (SSSR count). The maximum atomic E-state index is 10.6. The number of aromatic nitrogens is 2. The molecule has 1 aromatic heterocycles. The third-order valence-electron chi connectivity index (χ3n) is 2.80. The quantitative estimate of drug-likeness (QED) is 0.696. The van der Waals surface area contributed by atoms with Gasteiger partial charge in [0.2, 0.25) is 5.13 Å². The van der Waals surface area contributed by atoms with Crippen molar-refractivity contribution in [2.45, 2.75) is 19.0 Å². The molecule has 0 radical (unpaired) electrons. The first-order valence-corrected chi connectivity index (χ1v) is 8.17. The number of nitrogens with two attached hydrogens (primary N) is 1. The summed E-state index contributed by atoms with van der Waals surface area (Å²) in [4.78, 5) is 8.90. The molecule has 0 fully saturated rings. The summed E-state index contributed by atoms with van der Waals surface area (Å²) in [6, 6.07) is 7.79. The maximum Gasteiger partial charge on any atom is 0.490 e. The molecule has 3 N–H and O–H groups in total. The number of halogens is 3. The van der Waals surface area contributed by atoms with E-state index >= 15 is 0 Å². The molecule has 0 saturated carbocycles. The summed E-state index contributed by atoms with van der Waals surface area (Å²) in [5, 5.41) is 16.2. The van der Waals surface area contributed by atoms with Crippen molar-refractivity contribution in [3.05, 3.63) is 24.3 Å². The lowest BCUT2D eigenvalue weighted by atomic mass is 10.2. The number of aliphatic carboxylic acids is 1. The summed E-state index contributed by atoms with van der Waals surface area (Å²) in [5.74, 6) is -1.90. The number of hydrogen-bond acceptors (Lipinski definition) is 7. The lowest BCUT2D eigenvalue weighted by molar-refractivity contribution is -0.192. The van der Waals surface area contributed by atoms with E-state index in [1.165, 1.54) is 11.3 Å². The minimum absolute atomic E-state index is 0.480. The second-order valence-electron chi connectivity index (χ2n) is 4.82. The van der Waals surface area contributed by atoms with Gasteiger partial charge in [0.1, 0.15) is 10.8 Å². The number of hydrogen-bond donors (Lipinski definition) is 2. The van der Waals surface area contributed by atoms with Gasteiger partial charge in [-0.25, -0.2) is 4.79 Å². The van der Waals surface area contributed by atoms with E-state index in [9.17, 15) is 13.2 Å². The van der Waals surface area contributed by atoms with E-state index < -0.39 is 12.1 Å². The average molecular weight is 393 g/mol. The van der Waals surface area contributed by atoms with Crippen molar-refractivity contribution in [2.24, 2.45) is 0 Å². The van der Waals surface area contributed by atoms with Crippen LogP contribution in [0.25, 0.3) is 10.6 Å². The molecule has 2 aromatic rings. The van der Waals surface area contributed by atoms with E-state index in [-0.39, 0.29) is 0 Å². The highest BCUT2D eigenvalue weighted by Gasteiger charge is 2.38. The van der Waals surface area contributed by atoms with Crippen LogP contribution in [0.15, 0.2) is 24.3 Å². The molecule has 1 aromatic carbocycles. The zero-order valence-electron chi connectivity index (χ0n) is 13.8. The number of rotatable bonds is 7. The van der Waals surface area contributed by atoms with Crippen LogP contribution >= 0.6 is 11.3 Å². The number of carboxylic acids is 1. The van der Waals surface area contributed by atoms with Gasteiger partial charge in [-0.05, 0) is 37.1 Å². The highest BCUT2D eigenvalue weighted by atomic mass is 32.1. The van der Waals surface area contributed by atoms with Crippen LogP contribution in [0.2, 0.25) is 0 Å². The monoisotopic (exact) mass is 393 g/mol. The minimum Gasteiger partial charge on any atom is -0.494 e. The second kappa shape index (κ2) is 10.6. The molecular formula is C15H18F3N3O4S. The maximum absolute atomic E-state index is 10.6. The van der Waals surface area contributed by atoms with E-state index in [0.29, 0.717) is 11.7 Å². The lowest BCUT2D eigenvalue weighted by Gasteiger charge is -2.06. The van der Waals surface area contributed by atoms with Crippen molar-refractivity contribution in [3.8, 4) is 16.3 Å². The molecule has 26 heavy (non-hydrogen) atoms. The Morgan fingerprint density at radius 1 is 1.19 bits per heavy atom. The summed E-state index contributed by atoms with van der Waals surface area (Å²) < 4.78 is 42.4. The molecule has 0 saturated heterocycles. The Morgan fingerprint density at radius 3 is 2.23 bits per heavy atom. The van der Waals surface area contributed by atoms with Gasteiger partial charge < -0.3 is 20.3 Å². The molecule has 0 unspecified atom stereocenters. The molecule has 144 valence electrons. The third-order valence-corrected chi connectivity index (χ3v) is 3.60. The largest absolute Gasteiger partial charge is 0.494 e. The minimum atomic E-state index is -5.08. The molecule has 0 aliphatic rings. The van der Waals surface area contributed by atoms with Gasteiger partial charge in [0, 0.05) is 19.3 Å². The number of nitrogen functional groups attached to an aromatic ring is 1. The highest BCUT2D eigenvalue weighted by Crippen LogP contribution is 2.26. The number of carboxylic acid groups (broad SMARTS) is 1. The van der Waals surface area contributed by atoms with Crippen LogP contribution in [0.1, 0.15) is 12.8 Å². The number of anilines is 1. The number of carbonyl (C=O) groups is 1. The molecular weight excluding hydrogens is 375 g/mol. The highest BCUT2D eigenvalue weighted by molar-refractivity contribution is 7.18. The van der Waals surface area contributed by atoms with Gasteiger partial charge >= 0.3 is 12.1 Å². The van der Waals surface area contributed by atoms with Crippen molar-refractivity contribution in [1.82, 2.24) is 10.2 Å². The first-order valence-electron chi connectivity index (χ1n) is 7.35. The number of benzene rings is 1. The molecule has 0 amide bonds. The molecule has 0 bridgehead atoms. The molecule has 11 heteroatoms. The molecule has 1 heterocycles. The predicted octanol–water partition coefficient (Wildman–Crippen LogP) is 3.23. The number of unbranched alkanes of at least 4 members (excludes halogenated alkanes) is 1. The molecule has 0 spiro atoms. The normalized spacial score (nSPS) is 10.8. The Balaban J connectivity index is 0.000000412. The Bertz CT molecular complexity index is 678. The fourth-order valence-electron chi connectivity index (χ4n) is 1.58. The van der Waals surface area contributed by atoms with Crippen LogP contribution in [-0.4, -0.2) is 47.8 Å². The Hall–Kier alpha value is -2.40. The van der Waals surface area contributed by atoms with Crippen molar-refractivity contribution < 1.29 is 32.5 Å². The predicted molar refractivity (Wildman–Crippen MR) is 90.1 cm³/mol. The SMILES string of the molecule is COCCCCOc1ccc(-c2nnc(N)s2)cc1.O=C(O)C(F)(F)F. The topological polar surface area (TPSA) is 108 Å². The molecule has 0 aliphatic heterocycles. The van der Waals surface area contributed by atoms with E-state index in [1.54, 1.807) is 7.11 Å². The van der Waals surface area contributed by atoms with E-state index in [0.717, 1.165) is 35.8 Å². The summed E-state index contributed by atoms with van der Waals surface area (Å²) in [5.41, 5.74) is 6.56.